The second-order valence-electron chi connectivity index (χ2n) is 5.41. The van der Waals surface area contributed by atoms with Crippen LogP contribution in [0.25, 0.3) is 0 Å². The lowest BCUT2D eigenvalue weighted by Gasteiger charge is -2.35. The maximum atomic E-state index is 12.8. The Labute approximate surface area is 133 Å². The summed E-state index contributed by atoms with van der Waals surface area (Å²) in [6.45, 7) is 2.68. The number of benzene rings is 1. The Balaban J connectivity index is 2.20. The molecular formula is C16H20BrNO3. The van der Waals surface area contributed by atoms with Crippen LogP contribution in [0.1, 0.15) is 41.6 Å². The van der Waals surface area contributed by atoms with Crippen LogP contribution < -0.4 is 0 Å². The summed E-state index contributed by atoms with van der Waals surface area (Å²) in [6, 6.07) is 5.64. The predicted molar refractivity (Wildman–Crippen MR) is 84.2 cm³/mol. The van der Waals surface area contributed by atoms with Crippen molar-refractivity contribution in [3.05, 3.63) is 33.8 Å². The first-order chi connectivity index (χ1) is 10.0. The average molecular weight is 354 g/mol. The van der Waals surface area contributed by atoms with Crippen LogP contribution in [-0.2, 0) is 9.53 Å². The number of methoxy groups -OCH3 is 1. The summed E-state index contributed by atoms with van der Waals surface area (Å²) in [5.74, 6) is -0.279. The number of likely N-dealkylation sites (tertiary alicyclic amines) is 1. The van der Waals surface area contributed by atoms with Crippen LogP contribution in [0.15, 0.2) is 22.7 Å². The summed E-state index contributed by atoms with van der Waals surface area (Å²) in [5.41, 5.74) is 1.75. The Bertz CT molecular complexity index is 544. The molecule has 0 radical (unpaired) electrons. The van der Waals surface area contributed by atoms with Gasteiger partial charge < -0.3 is 9.64 Å². The molecule has 1 aliphatic heterocycles. The van der Waals surface area contributed by atoms with Gasteiger partial charge in [-0.1, -0.05) is 6.07 Å². The van der Waals surface area contributed by atoms with Gasteiger partial charge in [-0.3, -0.25) is 9.59 Å². The fraction of sp³-hybridized carbons (Fsp3) is 0.500. The van der Waals surface area contributed by atoms with Crippen LogP contribution >= 0.6 is 15.9 Å². The van der Waals surface area contributed by atoms with Gasteiger partial charge in [0.05, 0.1) is 19.1 Å². The van der Waals surface area contributed by atoms with Gasteiger partial charge in [0.2, 0.25) is 0 Å². The highest BCUT2D eigenvalue weighted by Gasteiger charge is 2.30. The van der Waals surface area contributed by atoms with Gasteiger partial charge in [0.15, 0.2) is 0 Å². The van der Waals surface area contributed by atoms with Crippen LogP contribution in [0, 0.1) is 6.92 Å². The molecule has 0 spiro atoms. The molecule has 0 saturated carbocycles. The fourth-order valence-corrected chi connectivity index (χ4v) is 3.37. The number of hydrogen-bond acceptors (Lipinski definition) is 3. The molecule has 21 heavy (non-hydrogen) atoms. The second-order valence-corrected chi connectivity index (χ2v) is 6.27. The third-order valence-electron chi connectivity index (χ3n) is 3.87. The zero-order chi connectivity index (χ0) is 15.4. The molecule has 1 atom stereocenters. The van der Waals surface area contributed by atoms with Gasteiger partial charge in [0, 0.05) is 17.1 Å². The molecule has 1 amide bonds. The molecule has 1 fully saturated rings. The highest BCUT2D eigenvalue weighted by Crippen LogP contribution is 2.26. The van der Waals surface area contributed by atoms with Crippen molar-refractivity contribution in [2.24, 2.45) is 0 Å². The number of aryl methyl sites for hydroxylation is 1. The van der Waals surface area contributed by atoms with E-state index in [1.165, 1.54) is 7.11 Å². The van der Waals surface area contributed by atoms with Crippen molar-refractivity contribution in [2.45, 2.75) is 38.6 Å². The van der Waals surface area contributed by atoms with E-state index in [1.807, 2.05) is 30.0 Å². The third kappa shape index (κ3) is 3.84. The topological polar surface area (TPSA) is 46.6 Å². The highest BCUT2D eigenvalue weighted by atomic mass is 79.9. The van der Waals surface area contributed by atoms with E-state index in [4.69, 9.17) is 4.74 Å². The molecular weight excluding hydrogens is 334 g/mol. The molecule has 4 nitrogen and oxygen atoms in total. The van der Waals surface area contributed by atoms with Gasteiger partial charge in [0.25, 0.3) is 5.91 Å². The van der Waals surface area contributed by atoms with Crippen molar-refractivity contribution in [1.82, 2.24) is 4.90 Å². The monoisotopic (exact) mass is 353 g/mol. The highest BCUT2D eigenvalue weighted by molar-refractivity contribution is 9.10. The lowest BCUT2D eigenvalue weighted by Crippen LogP contribution is -2.45. The van der Waals surface area contributed by atoms with Crippen molar-refractivity contribution in [3.8, 4) is 0 Å². The summed E-state index contributed by atoms with van der Waals surface area (Å²) in [7, 11) is 1.38. The minimum absolute atomic E-state index is 0.0181. The van der Waals surface area contributed by atoms with E-state index >= 15 is 0 Å². The number of halogens is 1. The van der Waals surface area contributed by atoms with Gasteiger partial charge in [-0.15, -0.1) is 0 Å². The Kier molecular flexibility index (Phi) is 5.39. The lowest BCUT2D eigenvalue weighted by molar-refractivity contribution is -0.142. The van der Waals surface area contributed by atoms with E-state index < -0.39 is 0 Å². The molecule has 0 aromatic heterocycles. The molecule has 1 aromatic rings. The maximum absolute atomic E-state index is 12.8. The van der Waals surface area contributed by atoms with Crippen LogP contribution in [0.2, 0.25) is 0 Å². The molecule has 1 aromatic carbocycles. The summed E-state index contributed by atoms with van der Waals surface area (Å²) in [4.78, 5) is 26.1. The standard InChI is InChI=1S/C16H20BrNO3/c1-11-6-7-13(14(17)9-11)16(20)18-8-4-3-5-12(18)10-15(19)21-2/h6-7,9,12H,3-5,8,10H2,1-2H3. The first kappa shape index (κ1) is 16.0. The van der Waals surface area contributed by atoms with E-state index in [2.05, 4.69) is 15.9 Å². The van der Waals surface area contributed by atoms with Gasteiger partial charge in [-0.05, 0) is 59.8 Å². The van der Waals surface area contributed by atoms with Crippen molar-refractivity contribution in [3.63, 3.8) is 0 Å². The van der Waals surface area contributed by atoms with Crippen LogP contribution in [0.5, 0.6) is 0 Å². The number of carbonyl (C=O) groups excluding carboxylic acids is 2. The maximum Gasteiger partial charge on any atom is 0.307 e. The third-order valence-corrected chi connectivity index (χ3v) is 4.53. The number of nitrogens with zero attached hydrogens (tertiary/aromatic N) is 1. The first-order valence-corrected chi connectivity index (χ1v) is 7.96. The van der Waals surface area contributed by atoms with E-state index in [9.17, 15) is 9.59 Å². The van der Waals surface area contributed by atoms with Crippen LogP contribution in [-0.4, -0.2) is 36.5 Å². The van der Waals surface area contributed by atoms with E-state index in [0.717, 1.165) is 29.3 Å². The first-order valence-electron chi connectivity index (χ1n) is 7.17. The molecule has 2 rings (SSSR count). The number of rotatable bonds is 3. The van der Waals surface area contributed by atoms with Crippen molar-refractivity contribution >= 4 is 27.8 Å². The smallest absolute Gasteiger partial charge is 0.307 e. The minimum atomic E-state index is -0.261. The number of carbonyl (C=O) groups is 2. The van der Waals surface area contributed by atoms with Crippen molar-refractivity contribution in [2.75, 3.05) is 13.7 Å². The zero-order valence-corrected chi connectivity index (χ0v) is 14.0. The SMILES string of the molecule is COC(=O)CC1CCCCN1C(=O)c1ccc(C)cc1Br. The number of esters is 1. The van der Waals surface area contributed by atoms with Gasteiger partial charge in [-0.25, -0.2) is 0 Å². The Morgan fingerprint density at radius 1 is 1.38 bits per heavy atom. The Morgan fingerprint density at radius 3 is 2.81 bits per heavy atom. The van der Waals surface area contributed by atoms with Gasteiger partial charge >= 0.3 is 5.97 Å². The van der Waals surface area contributed by atoms with Gasteiger partial charge in [0.1, 0.15) is 0 Å². The summed E-state index contributed by atoms with van der Waals surface area (Å²) in [6.07, 6.45) is 3.14. The molecule has 0 N–H and O–H groups in total. The molecule has 5 heteroatoms. The number of ether oxygens (including phenoxy) is 1. The molecule has 1 saturated heterocycles. The quantitative estimate of drug-likeness (QED) is 0.783. The van der Waals surface area contributed by atoms with Crippen LogP contribution in [0.3, 0.4) is 0 Å². The second kappa shape index (κ2) is 7.07. The van der Waals surface area contributed by atoms with Crippen molar-refractivity contribution in [1.29, 1.82) is 0 Å². The molecule has 1 heterocycles. The number of hydrogen-bond donors (Lipinski definition) is 0. The molecule has 0 aliphatic carbocycles. The summed E-state index contributed by atoms with van der Waals surface area (Å²) in [5, 5.41) is 0. The summed E-state index contributed by atoms with van der Waals surface area (Å²) < 4.78 is 5.54. The van der Waals surface area contributed by atoms with E-state index in [0.29, 0.717) is 12.1 Å². The fourth-order valence-electron chi connectivity index (χ4n) is 2.70. The van der Waals surface area contributed by atoms with E-state index in [-0.39, 0.29) is 24.3 Å². The van der Waals surface area contributed by atoms with Gasteiger partial charge in [-0.2, -0.15) is 0 Å². The lowest BCUT2D eigenvalue weighted by atomic mass is 9.98. The van der Waals surface area contributed by atoms with Crippen LogP contribution in [0.4, 0.5) is 0 Å². The average Bonchev–Trinajstić information content (AvgIpc) is 2.47. The summed E-state index contributed by atoms with van der Waals surface area (Å²) >= 11 is 3.46. The van der Waals surface area contributed by atoms with E-state index in [1.54, 1.807) is 0 Å². The largest absolute Gasteiger partial charge is 0.469 e. The zero-order valence-electron chi connectivity index (χ0n) is 12.4. The molecule has 1 aliphatic rings. The molecule has 1 unspecified atom stereocenters. The molecule has 0 bridgehead atoms. The Morgan fingerprint density at radius 2 is 2.14 bits per heavy atom. The predicted octanol–water partition coefficient (Wildman–Crippen LogP) is 3.32. The Hall–Kier alpha value is -1.36. The number of amides is 1. The minimum Gasteiger partial charge on any atom is -0.469 e. The normalized spacial score (nSPS) is 18.4. The molecule has 114 valence electrons. The van der Waals surface area contributed by atoms with Crippen molar-refractivity contribution < 1.29 is 14.3 Å². The number of piperidine rings is 1.